The van der Waals surface area contributed by atoms with Crippen LogP contribution in [0.5, 0.6) is 0 Å². The lowest BCUT2D eigenvalue weighted by molar-refractivity contribution is -0.0500. The maximum absolute atomic E-state index is 6.44. The fraction of sp³-hybridized carbons (Fsp3) is 0.667. The number of nitrogens with zero attached hydrogens (tertiary/aromatic N) is 6. The molecule has 4 unspecified atom stereocenters. The van der Waals surface area contributed by atoms with Crippen molar-refractivity contribution in [3.63, 3.8) is 0 Å². The van der Waals surface area contributed by atoms with E-state index in [2.05, 4.69) is 53.6 Å². The van der Waals surface area contributed by atoms with Crippen LogP contribution in [0.1, 0.15) is 56.3 Å². The van der Waals surface area contributed by atoms with Crippen molar-refractivity contribution in [2.75, 3.05) is 36.0 Å². The largest absolute Gasteiger partial charge is 0.372 e. The summed E-state index contributed by atoms with van der Waals surface area (Å²) in [6.45, 7) is 7.82. The van der Waals surface area contributed by atoms with Crippen molar-refractivity contribution in [2.45, 2.75) is 69.7 Å². The van der Waals surface area contributed by atoms with E-state index in [0.29, 0.717) is 18.1 Å². The topological polar surface area (TPSA) is 91.3 Å². The Kier molecular flexibility index (Phi) is 5.43. The third-order valence-corrected chi connectivity index (χ3v) is 7.76. The Morgan fingerprint density at radius 1 is 0.970 bits per heavy atom. The molecule has 2 N–H and O–H groups in total. The number of rotatable bonds is 5. The molecule has 0 bridgehead atoms. The van der Waals surface area contributed by atoms with Gasteiger partial charge >= 0.3 is 0 Å². The molecule has 2 saturated heterocycles. The van der Waals surface area contributed by atoms with E-state index in [1.165, 1.54) is 12.8 Å². The molecule has 0 radical (unpaired) electrons. The van der Waals surface area contributed by atoms with Gasteiger partial charge in [0.15, 0.2) is 0 Å². The zero-order valence-corrected chi connectivity index (χ0v) is 19.6. The van der Waals surface area contributed by atoms with Crippen molar-refractivity contribution in [3.05, 3.63) is 36.0 Å². The third kappa shape index (κ3) is 4.41. The average Bonchev–Trinajstić information content (AvgIpc) is 3.42. The van der Waals surface area contributed by atoms with Crippen LogP contribution in [0.2, 0.25) is 0 Å². The number of fused-ring (bicyclic) bond motifs is 1. The number of aromatic nitrogens is 4. The van der Waals surface area contributed by atoms with Crippen LogP contribution < -0.4 is 20.7 Å². The Morgan fingerprint density at radius 2 is 1.73 bits per heavy atom. The molecule has 2 saturated carbocycles. The molecule has 4 fully saturated rings. The molecule has 6 rings (SSSR count). The first-order valence-electron chi connectivity index (χ1n) is 12.4. The minimum absolute atomic E-state index is 0.139. The SMILES string of the molecule is Cc1cnc(N2CCN(c3cc(C4NNC5CCC(OC6(C)CC6)CC54)ncn3)CC2)nc1. The van der Waals surface area contributed by atoms with Crippen molar-refractivity contribution < 1.29 is 4.74 Å². The molecular formula is C24H34N8O. The molecule has 9 nitrogen and oxygen atoms in total. The van der Waals surface area contributed by atoms with E-state index in [1.54, 1.807) is 6.33 Å². The molecule has 33 heavy (non-hydrogen) atoms. The number of hydrogen-bond donors (Lipinski definition) is 2. The first-order valence-corrected chi connectivity index (χ1v) is 12.4. The molecular weight excluding hydrogens is 416 g/mol. The van der Waals surface area contributed by atoms with Gasteiger partial charge in [0, 0.05) is 56.6 Å². The summed E-state index contributed by atoms with van der Waals surface area (Å²) in [6.07, 6.45) is 11.6. The Bertz CT molecular complexity index is 973. The van der Waals surface area contributed by atoms with Crippen LogP contribution in [-0.4, -0.2) is 63.9 Å². The second kappa shape index (κ2) is 8.45. The highest BCUT2D eigenvalue weighted by atomic mass is 16.5. The van der Waals surface area contributed by atoms with Crippen LogP contribution in [0.3, 0.4) is 0 Å². The standard InChI is InChI=1S/C24H34N8O/c1-16-13-25-23(26-14-16)32-9-7-31(8-10-32)21-12-20(27-15-28-21)22-18-11-17(33-24(2)5-6-24)3-4-19(18)29-30-22/h12-15,17-19,22,29-30H,3-11H2,1-2H3. The van der Waals surface area contributed by atoms with Gasteiger partial charge in [-0.3, -0.25) is 5.43 Å². The number of piperazine rings is 1. The summed E-state index contributed by atoms with van der Waals surface area (Å²) in [7, 11) is 0. The van der Waals surface area contributed by atoms with Gasteiger partial charge in [-0.15, -0.1) is 0 Å². The van der Waals surface area contributed by atoms with Crippen molar-refractivity contribution >= 4 is 11.8 Å². The molecule has 4 aliphatic rings. The van der Waals surface area contributed by atoms with Gasteiger partial charge in [-0.1, -0.05) is 0 Å². The van der Waals surface area contributed by atoms with Gasteiger partial charge in [-0.2, -0.15) is 0 Å². The maximum atomic E-state index is 6.44. The van der Waals surface area contributed by atoms with Crippen LogP contribution in [0.15, 0.2) is 24.8 Å². The Balaban J connectivity index is 1.11. The summed E-state index contributed by atoms with van der Waals surface area (Å²) < 4.78 is 6.44. The second-order valence-electron chi connectivity index (χ2n) is 10.4. The summed E-state index contributed by atoms with van der Waals surface area (Å²) in [5, 5.41) is 0. The molecule has 176 valence electrons. The maximum Gasteiger partial charge on any atom is 0.225 e. The molecule has 2 aromatic heterocycles. The summed E-state index contributed by atoms with van der Waals surface area (Å²) in [5.74, 6) is 2.30. The van der Waals surface area contributed by atoms with E-state index >= 15 is 0 Å². The first kappa shape index (κ1) is 21.2. The Morgan fingerprint density at radius 3 is 2.48 bits per heavy atom. The molecule has 9 heteroatoms. The van der Waals surface area contributed by atoms with E-state index in [0.717, 1.165) is 68.5 Å². The van der Waals surface area contributed by atoms with Gasteiger partial charge < -0.3 is 14.5 Å². The highest BCUT2D eigenvalue weighted by Gasteiger charge is 2.46. The minimum Gasteiger partial charge on any atom is -0.372 e. The number of aryl methyl sites for hydroxylation is 1. The first-order chi connectivity index (χ1) is 16.1. The number of anilines is 2. The molecule has 0 spiro atoms. The summed E-state index contributed by atoms with van der Waals surface area (Å²) in [4.78, 5) is 22.8. The molecule has 4 heterocycles. The molecule has 0 aromatic carbocycles. The van der Waals surface area contributed by atoms with Crippen LogP contribution >= 0.6 is 0 Å². The van der Waals surface area contributed by atoms with Crippen LogP contribution in [-0.2, 0) is 4.74 Å². The third-order valence-electron chi connectivity index (χ3n) is 7.76. The van der Waals surface area contributed by atoms with Gasteiger partial charge in [0.05, 0.1) is 23.4 Å². The van der Waals surface area contributed by atoms with Crippen molar-refractivity contribution in [3.8, 4) is 0 Å². The average molecular weight is 451 g/mol. The summed E-state index contributed by atoms with van der Waals surface area (Å²) in [5.41, 5.74) is 9.37. The fourth-order valence-corrected chi connectivity index (χ4v) is 5.50. The molecule has 4 atom stereocenters. The number of nitrogens with one attached hydrogen (secondary N) is 2. The van der Waals surface area contributed by atoms with E-state index < -0.39 is 0 Å². The van der Waals surface area contributed by atoms with E-state index in [4.69, 9.17) is 4.74 Å². The Hall–Kier alpha value is -2.36. The quantitative estimate of drug-likeness (QED) is 0.711. The van der Waals surface area contributed by atoms with Crippen molar-refractivity contribution in [2.24, 2.45) is 5.92 Å². The zero-order chi connectivity index (χ0) is 22.4. The minimum atomic E-state index is 0.139. The molecule has 2 aliphatic heterocycles. The molecule has 2 aliphatic carbocycles. The van der Waals surface area contributed by atoms with Crippen LogP contribution in [0.4, 0.5) is 11.8 Å². The summed E-state index contributed by atoms with van der Waals surface area (Å²) >= 11 is 0. The predicted octanol–water partition coefficient (Wildman–Crippen LogP) is 2.16. The van der Waals surface area contributed by atoms with Crippen LogP contribution in [0.25, 0.3) is 0 Å². The predicted molar refractivity (Wildman–Crippen MR) is 126 cm³/mol. The smallest absolute Gasteiger partial charge is 0.225 e. The lowest BCUT2D eigenvalue weighted by Crippen LogP contribution is -2.47. The molecule has 0 amide bonds. The molecule has 2 aromatic rings. The van der Waals surface area contributed by atoms with E-state index in [9.17, 15) is 0 Å². The van der Waals surface area contributed by atoms with Crippen molar-refractivity contribution in [1.82, 2.24) is 30.8 Å². The summed E-state index contributed by atoms with van der Waals surface area (Å²) in [6, 6.07) is 2.85. The monoisotopic (exact) mass is 450 g/mol. The van der Waals surface area contributed by atoms with Gasteiger partial charge in [0.25, 0.3) is 0 Å². The van der Waals surface area contributed by atoms with Gasteiger partial charge in [-0.25, -0.2) is 25.4 Å². The highest BCUT2D eigenvalue weighted by molar-refractivity contribution is 5.43. The van der Waals surface area contributed by atoms with Gasteiger partial charge in [0.1, 0.15) is 12.1 Å². The number of hydrogen-bond acceptors (Lipinski definition) is 9. The lowest BCUT2D eigenvalue weighted by Gasteiger charge is -2.36. The van der Waals surface area contributed by atoms with Crippen LogP contribution in [0, 0.1) is 12.8 Å². The number of hydrazine groups is 1. The normalized spacial score (nSPS) is 30.8. The highest BCUT2D eigenvalue weighted by Crippen LogP contribution is 2.45. The van der Waals surface area contributed by atoms with E-state index in [1.807, 2.05) is 19.3 Å². The van der Waals surface area contributed by atoms with Gasteiger partial charge in [0.2, 0.25) is 5.95 Å². The lowest BCUT2D eigenvalue weighted by atomic mass is 9.79. The van der Waals surface area contributed by atoms with Crippen molar-refractivity contribution in [1.29, 1.82) is 0 Å². The van der Waals surface area contributed by atoms with E-state index in [-0.39, 0.29) is 11.6 Å². The fourth-order valence-electron chi connectivity index (χ4n) is 5.50. The van der Waals surface area contributed by atoms with Gasteiger partial charge in [-0.05, 0) is 51.5 Å². The Labute approximate surface area is 195 Å². The zero-order valence-electron chi connectivity index (χ0n) is 19.6. The number of ether oxygens (including phenoxy) is 1. The second-order valence-corrected chi connectivity index (χ2v) is 10.4.